The largest absolute Gasteiger partial charge is 0.345 e. The second kappa shape index (κ2) is 6.88. The number of aromatic nitrogens is 1. The van der Waals surface area contributed by atoms with Crippen molar-refractivity contribution in [3.63, 3.8) is 0 Å². The molecule has 0 aliphatic carbocycles. The SMILES string of the molecule is Cc1ccc(C(=O)N2CCN(c3nc4c(F)cc(F)cc4s3)CC2)c(C)c1. The van der Waals surface area contributed by atoms with E-state index in [9.17, 15) is 13.6 Å². The summed E-state index contributed by atoms with van der Waals surface area (Å²) in [6.07, 6.45) is 0. The number of hydrogen-bond donors (Lipinski definition) is 0. The molecule has 0 saturated carbocycles. The Labute approximate surface area is 160 Å². The zero-order valence-corrected chi connectivity index (χ0v) is 15.9. The van der Waals surface area contributed by atoms with Crippen LogP contribution in [-0.4, -0.2) is 42.0 Å². The number of hydrogen-bond acceptors (Lipinski definition) is 4. The van der Waals surface area contributed by atoms with Gasteiger partial charge in [-0.2, -0.15) is 0 Å². The first-order valence-electron chi connectivity index (χ1n) is 8.79. The van der Waals surface area contributed by atoms with Gasteiger partial charge in [-0.15, -0.1) is 0 Å². The van der Waals surface area contributed by atoms with Crippen molar-refractivity contribution in [3.8, 4) is 0 Å². The Morgan fingerprint density at radius 3 is 2.52 bits per heavy atom. The lowest BCUT2D eigenvalue weighted by Gasteiger charge is -2.34. The van der Waals surface area contributed by atoms with Gasteiger partial charge in [-0.1, -0.05) is 29.0 Å². The molecule has 4 nitrogen and oxygen atoms in total. The highest BCUT2D eigenvalue weighted by molar-refractivity contribution is 7.22. The first-order chi connectivity index (χ1) is 12.9. The fraction of sp³-hybridized carbons (Fsp3) is 0.300. The van der Waals surface area contributed by atoms with Gasteiger partial charge < -0.3 is 9.80 Å². The third kappa shape index (κ3) is 3.39. The predicted octanol–water partition coefficient (Wildman–Crippen LogP) is 4.15. The number of carbonyl (C=O) groups excluding carboxylic acids is 1. The number of piperazine rings is 1. The third-order valence-electron chi connectivity index (χ3n) is 4.85. The van der Waals surface area contributed by atoms with Crippen molar-refractivity contribution in [2.45, 2.75) is 13.8 Å². The van der Waals surface area contributed by atoms with Crippen LogP contribution in [0.4, 0.5) is 13.9 Å². The Morgan fingerprint density at radius 1 is 1.07 bits per heavy atom. The average Bonchev–Trinajstić information content (AvgIpc) is 3.06. The lowest BCUT2D eigenvalue weighted by molar-refractivity contribution is 0.0746. The molecule has 4 rings (SSSR count). The first-order valence-corrected chi connectivity index (χ1v) is 9.61. The maximum absolute atomic E-state index is 13.9. The van der Waals surface area contributed by atoms with Gasteiger partial charge >= 0.3 is 0 Å². The van der Waals surface area contributed by atoms with Crippen LogP contribution in [0.2, 0.25) is 0 Å². The van der Waals surface area contributed by atoms with Gasteiger partial charge in [0.15, 0.2) is 10.9 Å². The number of nitrogens with zero attached hydrogens (tertiary/aromatic N) is 3. The van der Waals surface area contributed by atoms with E-state index in [0.29, 0.717) is 36.0 Å². The molecule has 1 saturated heterocycles. The van der Waals surface area contributed by atoms with E-state index in [4.69, 9.17) is 0 Å². The number of anilines is 1. The molecule has 0 N–H and O–H groups in total. The number of rotatable bonds is 2. The van der Waals surface area contributed by atoms with Crippen molar-refractivity contribution >= 4 is 32.6 Å². The number of aryl methyl sites for hydroxylation is 2. The zero-order chi connectivity index (χ0) is 19.1. The number of benzene rings is 2. The second-order valence-electron chi connectivity index (χ2n) is 6.83. The van der Waals surface area contributed by atoms with Crippen LogP contribution >= 0.6 is 11.3 Å². The Kier molecular flexibility index (Phi) is 4.55. The molecule has 2 aromatic carbocycles. The summed E-state index contributed by atoms with van der Waals surface area (Å²) in [4.78, 5) is 21.0. The molecule has 0 radical (unpaired) electrons. The monoisotopic (exact) mass is 387 g/mol. The molecule has 7 heteroatoms. The Bertz CT molecular complexity index is 1030. The lowest BCUT2D eigenvalue weighted by atomic mass is 10.0. The van der Waals surface area contributed by atoms with Crippen molar-refractivity contribution in [2.75, 3.05) is 31.1 Å². The quantitative estimate of drug-likeness (QED) is 0.663. The molecule has 0 unspecified atom stereocenters. The summed E-state index contributed by atoms with van der Waals surface area (Å²) >= 11 is 1.27. The molecule has 140 valence electrons. The minimum absolute atomic E-state index is 0.0320. The summed E-state index contributed by atoms with van der Waals surface area (Å²) in [5, 5.41) is 0.660. The van der Waals surface area contributed by atoms with Crippen LogP contribution in [0.1, 0.15) is 21.5 Å². The van der Waals surface area contributed by atoms with Gasteiger partial charge in [0.05, 0.1) is 4.70 Å². The molecule has 1 aromatic heterocycles. The fourth-order valence-corrected chi connectivity index (χ4v) is 4.46. The Hall–Kier alpha value is -2.54. The summed E-state index contributed by atoms with van der Waals surface area (Å²) in [7, 11) is 0. The minimum atomic E-state index is -0.642. The summed E-state index contributed by atoms with van der Waals surface area (Å²) in [6, 6.07) is 8.00. The maximum atomic E-state index is 13.9. The molecule has 1 aliphatic rings. The van der Waals surface area contributed by atoms with Gasteiger partial charge in [-0.05, 0) is 31.5 Å². The van der Waals surface area contributed by atoms with Crippen LogP contribution in [0.25, 0.3) is 10.2 Å². The molecular weight excluding hydrogens is 368 g/mol. The van der Waals surface area contributed by atoms with E-state index in [1.807, 2.05) is 41.8 Å². The Balaban J connectivity index is 1.49. The van der Waals surface area contributed by atoms with E-state index in [0.717, 1.165) is 22.8 Å². The van der Waals surface area contributed by atoms with Crippen molar-refractivity contribution in [1.29, 1.82) is 0 Å². The van der Waals surface area contributed by atoms with Crippen molar-refractivity contribution < 1.29 is 13.6 Å². The van der Waals surface area contributed by atoms with Gasteiger partial charge in [-0.3, -0.25) is 4.79 Å². The zero-order valence-electron chi connectivity index (χ0n) is 15.1. The fourth-order valence-electron chi connectivity index (χ4n) is 3.41. The van der Waals surface area contributed by atoms with Crippen LogP contribution < -0.4 is 4.90 Å². The smallest absolute Gasteiger partial charge is 0.254 e. The summed E-state index contributed by atoms with van der Waals surface area (Å²) in [5.74, 6) is -1.21. The standard InChI is InChI=1S/C20H19F2N3OS/c1-12-3-4-15(13(2)9-12)19(26)24-5-7-25(8-6-24)20-23-18-16(22)10-14(21)11-17(18)27-20/h3-4,9-11H,5-8H2,1-2H3. The molecule has 2 heterocycles. The van der Waals surface area contributed by atoms with Crippen LogP contribution in [0.5, 0.6) is 0 Å². The number of halogens is 2. The number of thiazole rings is 1. The maximum Gasteiger partial charge on any atom is 0.254 e. The lowest BCUT2D eigenvalue weighted by Crippen LogP contribution is -2.48. The number of amides is 1. The molecule has 0 spiro atoms. The van der Waals surface area contributed by atoms with E-state index in [1.54, 1.807) is 0 Å². The molecule has 0 atom stereocenters. The highest BCUT2D eigenvalue weighted by atomic mass is 32.1. The highest BCUT2D eigenvalue weighted by Gasteiger charge is 2.25. The molecular formula is C20H19F2N3OS. The summed E-state index contributed by atoms with van der Waals surface area (Å²) < 4.78 is 27.8. The van der Waals surface area contributed by atoms with E-state index >= 15 is 0 Å². The van der Waals surface area contributed by atoms with Crippen LogP contribution in [0.3, 0.4) is 0 Å². The van der Waals surface area contributed by atoms with Crippen molar-refractivity contribution in [3.05, 3.63) is 58.7 Å². The predicted molar refractivity (Wildman–Crippen MR) is 104 cm³/mol. The second-order valence-corrected chi connectivity index (χ2v) is 7.84. The van der Waals surface area contributed by atoms with E-state index in [1.165, 1.54) is 17.4 Å². The Morgan fingerprint density at radius 2 is 1.81 bits per heavy atom. The van der Waals surface area contributed by atoms with E-state index in [2.05, 4.69) is 4.98 Å². The van der Waals surface area contributed by atoms with Gasteiger partial charge in [0, 0.05) is 37.8 Å². The molecule has 0 bridgehead atoms. The number of fused-ring (bicyclic) bond motifs is 1. The van der Waals surface area contributed by atoms with Crippen molar-refractivity contribution in [1.82, 2.24) is 9.88 Å². The summed E-state index contributed by atoms with van der Waals surface area (Å²) in [6.45, 7) is 6.32. The highest BCUT2D eigenvalue weighted by Crippen LogP contribution is 2.31. The van der Waals surface area contributed by atoms with Crippen LogP contribution in [-0.2, 0) is 0 Å². The first kappa shape index (κ1) is 17.9. The van der Waals surface area contributed by atoms with Gasteiger partial charge in [0.1, 0.15) is 11.3 Å². The van der Waals surface area contributed by atoms with Gasteiger partial charge in [0.25, 0.3) is 5.91 Å². The minimum Gasteiger partial charge on any atom is -0.345 e. The molecule has 1 amide bonds. The van der Waals surface area contributed by atoms with Crippen molar-refractivity contribution in [2.24, 2.45) is 0 Å². The van der Waals surface area contributed by atoms with Gasteiger partial charge in [-0.25, -0.2) is 13.8 Å². The summed E-state index contributed by atoms with van der Waals surface area (Å²) in [5.41, 5.74) is 3.04. The van der Waals surface area contributed by atoms with Crippen LogP contribution in [0.15, 0.2) is 30.3 Å². The normalized spacial score (nSPS) is 14.8. The molecule has 27 heavy (non-hydrogen) atoms. The topological polar surface area (TPSA) is 36.4 Å². The van der Waals surface area contributed by atoms with E-state index < -0.39 is 11.6 Å². The number of carbonyl (C=O) groups is 1. The third-order valence-corrected chi connectivity index (χ3v) is 5.91. The molecule has 3 aromatic rings. The molecule has 1 fully saturated rings. The van der Waals surface area contributed by atoms with Gasteiger partial charge in [0.2, 0.25) is 0 Å². The van der Waals surface area contributed by atoms with Crippen LogP contribution in [0, 0.1) is 25.5 Å². The molecule has 1 aliphatic heterocycles. The van der Waals surface area contributed by atoms with E-state index in [-0.39, 0.29) is 11.4 Å². The average molecular weight is 387 g/mol.